The topological polar surface area (TPSA) is 211 Å². The van der Waals surface area contributed by atoms with E-state index in [1.807, 2.05) is 19.2 Å². The Morgan fingerprint density at radius 1 is 0.844 bits per heavy atom. The fourth-order valence-corrected chi connectivity index (χ4v) is 3.19. The second-order valence-corrected chi connectivity index (χ2v) is 8.00. The molecule has 13 heteroatoms. The van der Waals surface area contributed by atoms with E-state index in [2.05, 4.69) is 16.0 Å². The molecule has 1 heterocycles. The fraction of sp³-hybridized carbons (Fsp3) is 0.684. The quantitative estimate of drug-likeness (QED) is 0.166. The summed E-state index contributed by atoms with van der Waals surface area (Å²) in [4.78, 5) is 70.8. The Morgan fingerprint density at radius 3 is 1.84 bits per heavy atom. The zero-order valence-corrected chi connectivity index (χ0v) is 17.9. The third-order valence-corrected chi connectivity index (χ3v) is 4.72. The summed E-state index contributed by atoms with van der Waals surface area (Å²) in [6.45, 7) is 4.29. The molecule has 13 nitrogen and oxygen atoms in total. The lowest BCUT2D eigenvalue weighted by Crippen LogP contribution is -2.57. The molecule has 1 aliphatic rings. The van der Waals surface area contributed by atoms with Crippen LogP contribution in [0.2, 0.25) is 0 Å². The van der Waals surface area contributed by atoms with Crippen LogP contribution in [0, 0.1) is 5.92 Å². The van der Waals surface area contributed by atoms with Crippen molar-refractivity contribution in [1.29, 1.82) is 0 Å². The minimum Gasteiger partial charge on any atom is -0.481 e. The van der Waals surface area contributed by atoms with Crippen molar-refractivity contribution >= 4 is 35.6 Å². The van der Waals surface area contributed by atoms with Gasteiger partial charge in [-0.25, -0.2) is 4.79 Å². The second-order valence-electron chi connectivity index (χ2n) is 8.00. The van der Waals surface area contributed by atoms with E-state index in [1.54, 1.807) is 0 Å². The molecule has 0 aromatic heterocycles. The van der Waals surface area contributed by atoms with Crippen LogP contribution in [-0.4, -0.2) is 81.7 Å². The highest BCUT2D eigenvalue weighted by Crippen LogP contribution is 2.10. The van der Waals surface area contributed by atoms with Gasteiger partial charge in [-0.05, 0) is 31.7 Å². The summed E-state index contributed by atoms with van der Waals surface area (Å²) in [5, 5.41) is 36.7. The number of amides is 3. The zero-order chi connectivity index (χ0) is 24.4. The molecule has 0 bridgehead atoms. The summed E-state index contributed by atoms with van der Waals surface area (Å²) in [5.74, 6) is -6.96. The second kappa shape index (κ2) is 12.6. The van der Waals surface area contributed by atoms with E-state index in [1.165, 1.54) is 0 Å². The van der Waals surface area contributed by atoms with Gasteiger partial charge in [0, 0.05) is 0 Å². The maximum absolute atomic E-state index is 12.8. The molecule has 0 aromatic rings. The van der Waals surface area contributed by atoms with Crippen LogP contribution in [0.1, 0.15) is 46.0 Å². The van der Waals surface area contributed by atoms with Crippen molar-refractivity contribution in [2.45, 2.75) is 70.1 Å². The van der Waals surface area contributed by atoms with Gasteiger partial charge in [-0.2, -0.15) is 0 Å². The van der Waals surface area contributed by atoms with Gasteiger partial charge in [0.25, 0.3) is 0 Å². The van der Waals surface area contributed by atoms with E-state index >= 15 is 0 Å². The normalized spacial score (nSPS) is 18.3. The van der Waals surface area contributed by atoms with Crippen LogP contribution < -0.4 is 21.3 Å². The molecule has 7 N–H and O–H groups in total. The van der Waals surface area contributed by atoms with E-state index in [0.717, 1.165) is 6.42 Å². The number of carbonyl (C=O) groups excluding carboxylic acids is 3. The minimum atomic E-state index is -1.81. The van der Waals surface area contributed by atoms with E-state index in [0.29, 0.717) is 13.0 Å². The smallest absolute Gasteiger partial charge is 0.326 e. The van der Waals surface area contributed by atoms with Crippen LogP contribution in [0.3, 0.4) is 0 Å². The molecule has 1 saturated heterocycles. The molecule has 0 spiro atoms. The van der Waals surface area contributed by atoms with E-state index < -0.39 is 72.6 Å². The highest BCUT2D eigenvalue weighted by atomic mass is 16.4. The molecule has 0 aliphatic carbocycles. The lowest BCUT2D eigenvalue weighted by Gasteiger charge is -2.25. The van der Waals surface area contributed by atoms with Crippen molar-refractivity contribution in [2.75, 3.05) is 6.54 Å². The monoisotopic (exact) mass is 458 g/mol. The van der Waals surface area contributed by atoms with Crippen LogP contribution in [0.5, 0.6) is 0 Å². The Balaban J connectivity index is 2.93. The first-order chi connectivity index (χ1) is 14.9. The number of carboxylic acid groups (broad SMARTS) is 3. The molecule has 3 amide bonds. The molecule has 0 saturated carbocycles. The average Bonchev–Trinajstić information content (AvgIpc) is 3.20. The highest BCUT2D eigenvalue weighted by molar-refractivity contribution is 5.96. The van der Waals surface area contributed by atoms with E-state index in [-0.39, 0.29) is 12.3 Å². The van der Waals surface area contributed by atoms with Gasteiger partial charge in [-0.15, -0.1) is 0 Å². The Hall–Kier alpha value is -3.22. The van der Waals surface area contributed by atoms with Crippen molar-refractivity contribution in [2.24, 2.45) is 5.92 Å². The summed E-state index contributed by atoms with van der Waals surface area (Å²) < 4.78 is 0. The van der Waals surface area contributed by atoms with Gasteiger partial charge < -0.3 is 36.6 Å². The summed E-state index contributed by atoms with van der Waals surface area (Å²) in [6.07, 6.45) is -0.186. The molecule has 0 radical (unpaired) electrons. The van der Waals surface area contributed by atoms with Crippen LogP contribution in [0.15, 0.2) is 0 Å². The number of rotatable bonds is 13. The van der Waals surface area contributed by atoms with Crippen LogP contribution in [0.4, 0.5) is 0 Å². The molecular weight excluding hydrogens is 428 g/mol. The Bertz CT molecular complexity index is 734. The largest absolute Gasteiger partial charge is 0.481 e. The van der Waals surface area contributed by atoms with Crippen LogP contribution in [-0.2, 0) is 28.8 Å². The van der Waals surface area contributed by atoms with Gasteiger partial charge in [-0.3, -0.25) is 24.0 Å². The standard InChI is InChI=1S/C19H30N4O9/c1-9(2)6-11(21-16(28)10-4-3-5-20-10)17(29)22-12(7-14(24)25)18(30)23-13(19(31)32)8-15(26)27/h9-13,20H,3-8H2,1-2H3,(H,21,28)(H,22,29)(H,23,30)(H,24,25)(H,26,27)(H,31,32). The third kappa shape index (κ3) is 9.29. The maximum Gasteiger partial charge on any atom is 0.326 e. The van der Waals surface area contributed by atoms with Crippen molar-refractivity contribution in [1.82, 2.24) is 21.3 Å². The van der Waals surface area contributed by atoms with Crippen molar-refractivity contribution in [3.63, 3.8) is 0 Å². The SMILES string of the molecule is CC(C)CC(NC(=O)C1CCCN1)C(=O)NC(CC(=O)O)C(=O)NC(CC(=O)O)C(=O)O. The number of nitrogens with one attached hydrogen (secondary N) is 4. The Kier molecular flexibility index (Phi) is 10.5. The number of carboxylic acids is 3. The van der Waals surface area contributed by atoms with Crippen molar-refractivity contribution in [3.8, 4) is 0 Å². The van der Waals surface area contributed by atoms with Gasteiger partial charge in [-0.1, -0.05) is 13.8 Å². The molecule has 180 valence electrons. The third-order valence-electron chi connectivity index (χ3n) is 4.72. The average molecular weight is 458 g/mol. The first-order valence-corrected chi connectivity index (χ1v) is 10.2. The molecule has 1 rings (SSSR count). The van der Waals surface area contributed by atoms with Crippen molar-refractivity contribution in [3.05, 3.63) is 0 Å². The van der Waals surface area contributed by atoms with Gasteiger partial charge in [0.2, 0.25) is 17.7 Å². The zero-order valence-electron chi connectivity index (χ0n) is 17.9. The molecule has 32 heavy (non-hydrogen) atoms. The molecular formula is C19H30N4O9. The molecule has 1 fully saturated rings. The van der Waals surface area contributed by atoms with E-state index in [9.17, 15) is 28.8 Å². The van der Waals surface area contributed by atoms with Gasteiger partial charge >= 0.3 is 17.9 Å². The lowest BCUT2D eigenvalue weighted by atomic mass is 10.0. The maximum atomic E-state index is 12.8. The first-order valence-electron chi connectivity index (χ1n) is 10.2. The predicted molar refractivity (Wildman–Crippen MR) is 108 cm³/mol. The number of aliphatic carboxylic acids is 3. The summed E-state index contributed by atoms with van der Waals surface area (Å²) in [5.41, 5.74) is 0. The van der Waals surface area contributed by atoms with Gasteiger partial charge in [0.15, 0.2) is 0 Å². The number of hydrogen-bond donors (Lipinski definition) is 7. The van der Waals surface area contributed by atoms with Crippen molar-refractivity contribution < 1.29 is 44.1 Å². The molecule has 4 atom stereocenters. The number of carbonyl (C=O) groups is 6. The minimum absolute atomic E-state index is 0.0266. The Morgan fingerprint density at radius 2 is 1.38 bits per heavy atom. The summed E-state index contributed by atoms with van der Waals surface area (Å²) >= 11 is 0. The summed E-state index contributed by atoms with van der Waals surface area (Å²) in [6, 6.07) is -4.99. The lowest BCUT2D eigenvalue weighted by molar-refractivity contribution is -0.148. The predicted octanol–water partition coefficient (Wildman–Crippen LogP) is -1.73. The molecule has 1 aliphatic heterocycles. The molecule has 4 unspecified atom stereocenters. The highest BCUT2D eigenvalue weighted by Gasteiger charge is 2.33. The first kappa shape index (κ1) is 26.8. The molecule has 0 aromatic carbocycles. The van der Waals surface area contributed by atoms with Crippen LogP contribution >= 0.6 is 0 Å². The van der Waals surface area contributed by atoms with E-state index in [4.69, 9.17) is 15.3 Å². The summed E-state index contributed by atoms with van der Waals surface area (Å²) in [7, 11) is 0. The Labute approximate surface area is 184 Å². The number of hydrogen-bond acceptors (Lipinski definition) is 7. The van der Waals surface area contributed by atoms with Gasteiger partial charge in [0.1, 0.15) is 18.1 Å². The fourth-order valence-electron chi connectivity index (χ4n) is 3.19. The van der Waals surface area contributed by atoms with Crippen LogP contribution in [0.25, 0.3) is 0 Å². The van der Waals surface area contributed by atoms with Gasteiger partial charge in [0.05, 0.1) is 18.9 Å².